The maximum absolute atomic E-state index is 12.0. The summed E-state index contributed by atoms with van der Waals surface area (Å²) in [7, 11) is -3.90. The van der Waals surface area contributed by atoms with Crippen molar-refractivity contribution in [3.05, 3.63) is 52.7 Å². The van der Waals surface area contributed by atoms with Crippen LogP contribution in [0.1, 0.15) is 5.56 Å². The standard InChI is InChI=1S/C11H11N3O3S/c1-8-2-4-12-6-9(8)14-18(16,17)11-7-13-5-3-10(11)15/h2-7,14H,1H3,(H,13,15). The number of anilines is 1. The smallest absolute Gasteiger partial charge is 0.267 e. The number of nitrogens with zero attached hydrogens (tertiary/aromatic N) is 1. The number of aromatic nitrogens is 2. The lowest BCUT2D eigenvalue weighted by atomic mass is 10.3. The Hall–Kier alpha value is -2.15. The average Bonchev–Trinajstić information content (AvgIpc) is 2.32. The third-order valence-corrected chi connectivity index (χ3v) is 3.75. The van der Waals surface area contributed by atoms with Gasteiger partial charge in [0.25, 0.3) is 10.0 Å². The van der Waals surface area contributed by atoms with E-state index in [1.165, 1.54) is 12.4 Å². The summed E-state index contributed by atoms with van der Waals surface area (Å²) in [6.07, 6.45) is 5.47. The van der Waals surface area contributed by atoms with E-state index < -0.39 is 15.5 Å². The third kappa shape index (κ3) is 2.40. The molecule has 0 aliphatic carbocycles. The fourth-order valence-corrected chi connectivity index (χ4v) is 2.55. The molecule has 0 bridgehead atoms. The van der Waals surface area contributed by atoms with Gasteiger partial charge in [-0.2, -0.15) is 0 Å². The number of sulfonamides is 1. The van der Waals surface area contributed by atoms with Gasteiger partial charge in [0.1, 0.15) is 0 Å². The minimum atomic E-state index is -3.90. The van der Waals surface area contributed by atoms with Gasteiger partial charge in [-0.3, -0.25) is 14.5 Å². The van der Waals surface area contributed by atoms with Crippen molar-refractivity contribution >= 4 is 15.7 Å². The molecule has 94 valence electrons. The zero-order valence-corrected chi connectivity index (χ0v) is 10.4. The third-order valence-electron chi connectivity index (χ3n) is 2.36. The Kier molecular flexibility index (Phi) is 3.15. The lowest BCUT2D eigenvalue weighted by molar-refractivity contribution is 0.600. The molecular weight excluding hydrogens is 254 g/mol. The Morgan fingerprint density at radius 3 is 2.78 bits per heavy atom. The van der Waals surface area contributed by atoms with Gasteiger partial charge in [-0.25, -0.2) is 8.42 Å². The van der Waals surface area contributed by atoms with E-state index in [0.717, 1.165) is 17.8 Å². The van der Waals surface area contributed by atoms with Crippen LogP contribution >= 0.6 is 0 Å². The molecule has 0 unspecified atom stereocenters. The lowest BCUT2D eigenvalue weighted by Gasteiger charge is -2.08. The number of aryl methyl sites for hydroxylation is 1. The monoisotopic (exact) mass is 265 g/mol. The number of pyridine rings is 2. The Bertz CT molecular complexity index is 722. The molecule has 0 saturated heterocycles. The number of rotatable bonds is 3. The molecule has 18 heavy (non-hydrogen) atoms. The van der Waals surface area contributed by atoms with Crippen molar-refractivity contribution in [2.75, 3.05) is 4.72 Å². The number of nitrogens with one attached hydrogen (secondary N) is 2. The normalized spacial score (nSPS) is 11.2. The van der Waals surface area contributed by atoms with Crippen LogP contribution in [-0.4, -0.2) is 18.4 Å². The summed E-state index contributed by atoms with van der Waals surface area (Å²) in [5.74, 6) is 0. The van der Waals surface area contributed by atoms with E-state index in [1.807, 2.05) is 0 Å². The fraction of sp³-hybridized carbons (Fsp3) is 0.0909. The molecule has 0 aliphatic heterocycles. The van der Waals surface area contributed by atoms with Gasteiger partial charge in [-0.15, -0.1) is 0 Å². The summed E-state index contributed by atoms with van der Waals surface area (Å²) in [5, 5.41) is 0. The van der Waals surface area contributed by atoms with Gasteiger partial charge in [-0.1, -0.05) is 0 Å². The maximum Gasteiger partial charge on any atom is 0.267 e. The van der Waals surface area contributed by atoms with E-state index in [-0.39, 0.29) is 4.90 Å². The number of hydrogen-bond acceptors (Lipinski definition) is 4. The van der Waals surface area contributed by atoms with Crippen molar-refractivity contribution < 1.29 is 8.42 Å². The quantitative estimate of drug-likeness (QED) is 0.861. The number of aromatic amines is 1. The van der Waals surface area contributed by atoms with Crippen molar-refractivity contribution in [3.8, 4) is 0 Å². The van der Waals surface area contributed by atoms with E-state index >= 15 is 0 Å². The highest BCUT2D eigenvalue weighted by Gasteiger charge is 2.18. The summed E-state index contributed by atoms with van der Waals surface area (Å²) in [6.45, 7) is 1.74. The first-order valence-corrected chi connectivity index (χ1v) is 6.59. The molecule has 7 heteroatoms. The van der Waals surface area contributed by atoms with Crippen LogP contribution in [0.3, 0.4) is 0 Å². The molecule has 0 saturated carbocycles. The molecule has 0 atom stereocenters. The molecule has 2 rings (SSSR count). The van der Waals surface area contributed by atoms with Gasteiger partial charge in [0.2, 0.25) is 5.43 Å². The lowest BCUT2D eigenvalue weighted by Crippen LogP contribution is -2.21. The average molecular weight is 265 g/mol. The Labute approximate surface area is 104 Å². The highest BCUT2D eigenvalue weighted by Crippen LogP contribution is 2.15. The van der Waals surface area contributed by atoms with Crippen molar-refractivity contribution in [1.29, 1.82) is 0 Å². The second-order valence-electron chi connectivity index (χ2n) is 3.67. The van der Waals surface area contributed by atoms with Crippen LogP contribution < -0.4 is 10.2 Å². The van der Waals surface area contributed by atoms with Crippen LogP contribution in [0.15, 0.2) is 46.6 Å². The van der Waals surface area contributed by atoms with E-state index in [4.69, 9.17) is 0 Å². The Balaban J connectivity index is 2.43. The molecule has 0 aromatic carbocycles. The van der Waals surface area contributed by atoms with Crippen LogP contribution in [0.4, 0.5) is 5.69 Å². The second-order valence-corrected chi connectivity index (χ2v) is 5.32. The first-order valence-electron chi connectivity index (χ1n) is 5.11. The first-order chi connectivity index (χ1) is 8.50. The van der Waals surface area contributed by atoms with Crippen LogP contribution in [-0.2, 0) is 10.0 Å². The van der Waals surface area contributed by atoms with Gasteiger partial charge in [0.05, 0.1) is 11.9 Å². The van der Waals surface area contributed by atoms with Crippen LogP contribution in [0, 0.1) is 6.92 Å². The van der Waals surface area contributed by atoms with Gasteiger partial charge >= 0.3 is 0 Å². The zero-order valence-electron chi connectivity index (χ0n) is 9.54. The molecule has 6 nitrogen and oxygen atoms in total. The highest BCUT2D eigenvalue weighted by atomic mass is 32.2. The van der Waals surface area contributed by atoms with Crippen molar-refractivity contribution in [2.24, 2.45) is 0 Å². The molecular formula is C11H11N3O3S. The highest BCUT2D eigenvalue weighted by molar-refractivity contribution is 7.92. The minimum absolute atomic E-state index is 0.326. The summed E-state index contributed by atoms with van der Waals surface area (Å²) in [6, 6.07) is 2.83. The molecule has 2 aromatic rings. The van der Waals surface area contributed by atoms with E-state index in [9.17, 15) is 13.2 Å². The Morgan fingerprint density at radius 1 is 1.33 bits per heavy atom. The molecule has 2 heterocycles. The summed E-state index contributed by atoms with van der Waals surface area (Å²) < 4.78 is 26.4. The van der Waals surface area contributed by atoms with E-state index in [2.05, 4.69) is 14.7 Å². The van der Waals surface area contributed by atoms with Crippen molar-refractivity contribution in [3.63, 3.8) is 0 Å². The van der Waals surface area contributed by atoms with Crippen molar-refractivity contribution in [1.82, 2.24) is 9.97 Å². The Morgan fingerprint density at radius 2 is 2.11 bits per heavy atom. The van der Waals surface area contributed by atoms with E-state index in [1.54, 1.807) is 19.2 Å². The number of hydrogen-bond donors (Lipinski definition) is 2. The molecule has 2 aromatic heterocycles. The molecule has 0 radical (unpaired) electrons. The van der Waals surface area contributed by atoms with Crippen LogP contribution in [0.5, 0.6) is 0 Å². The summed E-state index contributed by atoms with van der Waals surface area (Å²) >= 11 is 0. The van der Waals surface area contributed by atoms with Gasteiger partial charge < -0.3 is 4.98 Å². The van der Waals surface area contributed by atoms with Crippen LogP contribution in [0.2, 0.25) is 0 Å². The second kappa shape index (κ2) is 4.61. The van der Waals surface area contributed by atoms with E-state index in [0.29, 0.717) is 5.69 Å². The van der Waals surface area contributed by atoms with Gasteiger partial charge in [-0.05, 0) is 18.6 Å². The van der Waals surface area contributed by atoms with Crippen molar-refractivity contribution in [2.45, 2.75) is 11.8 Å². The topological polar surface area (TPSA) is 91.9 Å². The summed E-state index contributed by atoms with van der Waals surface area (Å²) in [4.78, 5) is 17.6. The largest absolute Gasteiger partial charge is 0.366 e. The molecule has 0 amide bonds. The molecule has 0 spiro atoms. The fourth-order valence-electron chi connectivity index (χ4n) is 1.38. The van der Waals surface area contributed by atoms with Gasteiger partial charge in [0.15, 0.2) is 4.90 Å². The van der Waals surface area contributed by atoms with Gasteiger partial charge in [0, 0.05) is 24.7 Å². The zero-order chi connectivity index (χ0) is 13.2. The maximum atomic E-state index is 12.0. The summed E-state index contributed by atoms with van der Waals surface area (Å²) in [5.41, 5.74) is 0.504. The molecule has 0 aliphatic rings. The van der Waals surface area contributed by atoms with Crippen LogP contribution in [0.25, 0.3) is 0 Å². The molecule has 2 N–H and O–H groups in total. The SMILES string of the molecule is Cc1ccncc1NS(=O)(=O)c1c[nH]ccc1=O. The molecule has 0 fully saturated rings. The predicted molar refractivity (Wildman–Crippen MR) is 66.8 cm³/mol. The predicted octanol–water partition coefficient (Wildman–Crippen LogP) is 0.879. The number of H-pyrrole nitrogens is 1. The minimum Gasteiger partial charge on any atom is -0.366 e. The first kappa shape index (κ1) is 12.3.